The largest absolute Gasteiger partial charge is 0.478 e. The molecule has 0 saturated carbocycles. The van der Waals surface area contributed by atoms with Crippen molar-refractivity contribution in [1.29, 1.82) is 0 Å². The normalized spacial score (nSPS) is 9.86. The van der Waals surface area contributed by atoms with Crippen LogP contribution in [0.25, 0.3) is 6.08 Å². The van der Waals surface area contributed by atoms with E-state index in [0.717, 1.165) is 12.2 Å². The quantitative estimate of drug-likeness (QED) is 0.430. The van der Waals surface area contributed by atoms with Gasteiger partial charge >= 0.3 is 11.9 Å². The molecule has 0 spiro atoms. The van der Waals surface area contributed by atoms with E-state index in [1.54, 1.807) is 0 Å². The van der Waals surface area contributed by atoms with Gasteiger partial charge in [0.05, 0.1) is 10.3 Å². The SMILES string of the molecule is C=Cc1ccccc1.O=C(O)C=CC(=O)OCCC(Br)Br. The maximum absolute atomic E-state index is 10.7. The molecule has 1 N–H and O–H groups in total. The van der Waals surface area contributed by atoms with Gasteiger partial charge in [0, 0.05) is 18.6 Å². The molecule has 1 aromatic rings. The van der Waals surface area contributed by atoms with Crippen molar-refractivity contribution in [3.05, 3.63) is 54.6 Å². The minimum Gasteiger partial charge on any atom is -0.478 e. The Morgan fingerprint density at radius 2 is 1.86 bits per heavy atom. The Morgan fingerprint density at radius 3 is 2.29 bits per heavy atom. The summed E-state index contributed by atoms with van der Waals surface area (Å²) in [5.41, 5.74) is 1.17. The predicted octanol–water partition coefficient (Wildman–Crippen LogP) is 4.01. The molecule has 0 aliphatic rings. The molecule has 1 rings (SSSR count). The fourth-order valence-electron chi connectivity index (χ4n) is 1.03. The molecular weight excluding hydrogens is 404 g/mol. The first-order valence-electron chi connectivity index (χ1n) is 5.99. The number of ether oxygens (including phenoxy) is 1. The zero-order chi connectivity index (χ0) is 16.1. The van der Waals surface area contributed by atoms with Gasteiger partial charge in [-0.2, -0.15) is 0 Å². The third-order valence-electron chi connectivity index (χ3n) is 1.98. The molecule has 1 aromatic carbocycles. The van der Waals surface area contributed by atoms with Gasteiger partial charge in [0.2, 0.25) is 0 Å². The Labute approximate surface area is 140 Å². The standard InChI is InChI=1S/C8H8.C7H8Br2O4/c1-2-8-6-4-3-5-7-8;8-5(9)3-4-13-7(12)2-1-6(10)11/h2-7H,1H2;1-2,5H,3-4H2,(H,10,11). The van der Waals surface area contributed by atoms with Crippen LogP contribution in [0.15, 0.2) is 49.1 Å². The van der Waals surface area contributed by atoms with Crippen LogP contribution >= 0.6 is 31.9 Å². The topological polar surface area (TPSA) is 63.6 Å². The van der Waals surface area contributed by atoms with Crippen LogP contribution in [0.3, 0.4) is 0 Å². The Morgan fingerprint density at radius 1 is 1.24 bits per heavy atom. The summed E-state index contributed by atoms with van der Waals surface area (Å²) in [4.78, 5) is 20.7. The van der Waals surface area contributed by atoms with Crippen molar-refractivity contribution in [1.82, 2.24) is 0 Å². The van der Waals surface area contributed by atoms with Gasteiger partial charge in [0.25, 0.3) is 0 Å². The molecular formula is C15H16Br2O4. The number of hydrogen-bond donors (Lipinski definition) is 1. The average molecular weight is 420 g/mol. The number of carbonyl (C=O) groups excluding carboxylic acids is 1. The van der Waals surface area contributed by atoms with E-state index in [1.807, 2.05) is 36.4 Å². The van der Waals surface area contributed by atoms with E-state index in [4.69, 9.17) is 5.11 Å². The first kappa shape index (κ1) is 19.6. The van der Waals surface area contributed by atoms with E-state index in [-0.39, 0.29) is 10.3 Å². The number of carboxylic acid groups (broad SMARTS) is 1. The minimum atomic E-state index is -1.17. The van der Waals surface area contributed by atoms with E-state index >= 15 is 0 Å². The van der Waals surface area contributed by atoms with Crippen LogP contribution in [0.1, 0.15) is 12.0 Å². The second kappa shape index (κ2) is 12.3. The molecule has 0 fully saturated rings. The summed E-state index contributed by atoms with van der Waals surface area (Å²) in [6.45, 7) is 3.87. The number of esters is 1. The van der Waals surface area contributed by atoms with Crippen LogP contribution < -0.4 is 0 Å². The molecule has 21 heavy (non-hydrogen) atoms. The van der Waals surface area contributed by atoms with Crippen molar-refractivity contribution in [2.45, 2.75) is 10.2 Å². The van der Waals surface area contributed by atoms with Crippen molar-refractivity contribution in [2.24, 2.45) is 0 Å². The summed E-state index contributed by atoms with van der Waals surface area (Å²) < 4.78 is 4.75. The Kier molecular flexibility index (Phi) is 11.5. The zero-order valence-electron chi connectivity index (χ0n) is 11.2. The summed E-state index contributed by atoms with van der Waals surface area (Å²) in [6, 6.07) is 10.0. The number of carbonyl (C=O) groups is 2. The zero-order valence-corrected chi connectivity index (χ0v) is 14.4. The Bertz CT molecular complexity index is 470. The van der Waals surface area contributed by atoms with Gasteiger partial charge < -0.3 is 9.84 Å². The number of hydrogen-bond acceptors (Lipinski definition) is 3. The van der Waals surface area contributed by atoms with E-state index in [9.17, 15) is 9.59 Å². The van der Waals surface area contributed by atoms with Crippen molar-refractivity contribution >= 4 is 49.9 Å². The summed E-state index contributed by atoms with van der Waals surface area (Å²) in [5, 5.41) is 8.17. The molecule has 4 nitrogen and oxygen atoms in total. The van der Waals surface area contributed by atoms with Crippen molar-refractivity contribution in [2.75, 3.05) is 6.61 Å². The van der Waals surface area contributed by atoms with Crippen molar-refractivity contribution in [3.8, 4) is 0 Å². The fourth-order valence-corrected chi connectivity index (χ4v) is 1.40. The molecule has 0 atom stereocenters. The van der Waals surface area contributed by atoms with E-state index in [1.165, 1.54) is 5.56 Å². The van der Waals surface area contributed by atoms with Crippen LogP contribution in [0.2, 0.25) is 0 Å². The van der Waals surface area contributed by atoms with Crippen molar-refractivity contribution in [3.63, 3.8) is 0 Å². The minimum absolute atomic E-state index is 0.0938. The summed E-state index contributed by atoms with van der Waals surface area (Å²) in [7, 11) is 0. The van der Waals surface area contributed by atoms with Gasteiger partial charge in [0.15, 0.2) is 0 Å². The smallest absolute Gasteiger partial charge is 0.331 e. The van der Waals surface area contributed by atoms with E-state index in [0.29, 0.717) is 6.42 Å². The van der Waals surface area contributed by atoms with Gasteiger partial charge in [-0.3, -0.25) is 0 Å². The maximum Gasteiger partial charge on any atom is 0.331 e. The lowest BCUT2D eigenvalue weighted by molar-refractivity contribution is -0.138. The molecule has 0 bridgehead atoms. The highest BCUT2D eigenvalue weighted by Gasteiger charge is 2.01. The van der Waals surface area contributed by atoms with Gasteiger partial charge in [0.1, 0.15) is 0 Å². The van der Waals surface area contributed by atoms with Gasteiger partial charge in [-0.1, -0.05) is 74.8 Å². The molecule has 114 valence electrons. The number of alkyl halides is 2. The number of benzene rings is 1. The van der Waals surface area contributed by atoms with E-state index < -0.39 is 11.9 Å². The van der Waals surface area contributed by atoms with Crippen LogP contribution in [-0.4, -0.2) is 27.4 Å². The van der Waals surface area contributed by atoms with Gasteiger partial charge in [-0.05, 0) is 5.56 Å². The molecule has 0 heterocycles. The number of carboxylic acids is 1. The Balaban J connectivity index is 0.000000423. The van der Waals surface area contributed by atoms with Crippen molar-refractivity contribution < 1.29 is 19.4 Å². The number of halogens is 2. The highest BCUT2D eigenvalue weighted by molar-refractivity contribution is 9.24. The summed E-state index contributed by atoms with van der Waals surface area (Å²) >= 11 is 6.40. The van der Waals surface area contributed by atoms with Gasteiger partial charge in [-0.25, -0.2) is 9.59 Å². The van der Waals surface area contributed by atoms with Crippen LogP contribution in [0.5, 0.6) is 0 Å². The lowest BCUT2D eigenvalue weighted by atomic mass is 10.2. The highest BCUT2D eigenvalue weighted by atomic mass is 79.9. The molecule has 0 aliphatic heterocycles. The van der Waals surface area contributed by atoms with Crippen LogP contribution in [-0.2, 0) is 14.3 Å². The monoisotopic (exact) mass is 418 g/mol. The molecule has 6 heteroatoms. The first-order valence-corrected chi connectivity index (χ1v) is 7.82. The molecule has 0 aliphatic carbocycles. The fraction of sp³-hybridized carbons (Fsp3) is 0.200. The summed E-state index contributed by atoms with van der Waals surface area (Å²) in [5.74, 6) is -1.82. The summed E-state index contributed by atoms with van der Waals surface area (Å²) in [6.07, 6.45) is 4.06. The molecule has 0 amide bonds. The third-order valence-corrected chi connectivity index (χ3v) is 2.89. The molecule has 0 aromatic heterocycles. The van der Waals surface area contributed by atoms with Crippen LogP contribution in [0.4, 0.5) is 0 Å². The molecule has 0 saturated heterocycles. The highest BCUT2D eigenvalue weighted by Crippen LogP contribution is 2.11. The van der Waals surface area contributed by atoms with Crippen LogP contribution in [0, 0.1) is 0 Å². The van der Waals surface area contributed by atoms with Gasteiger partial charge in [-0.15, -0.1) is 0 Å². The predicted molar refractivity (Wildman–Crippen MR) is 90.5 cm³/mol. The first-order chi connectivity index (χ1) is 9.95. The lowest BCUT2D eigenvalue weighted by Crippen LogP contribution is -2.05. The lowest BCUT2D eigenvalue weighted by Gasteiger charge is -2.01. The number of rotatable bonds is 6. The average Bonchev–Trinajstić information content (AvgIpc) is 2.46. The Hall–Kier alpha value is -1.40. The second-order valence-corrected chi connectivity index (χ2v) is 7.07. The number of aliphatic carboxylic acids is 1. The third kappa shape index (κ3) is 13.3. The molecule has 0 unspecified atom stereocenters. The second-order valence-electron chi connectivity index (χ2n) is 3.63. The maximum atomic E-state index is 10.7. The van der Waals surface area contributed by atoms with E-state index in [2.05, 4.69) is 43.2 Å². The molecule has 0 radical (unpaired) electrons.